The third-order valence-corrected chi connectivity index (χ3v) is 5.75. The number of nitrogens with zero attached hydrogens (tertiary/aromatic N) is 1. The lowest BCUT2D eigenvalue weighted by atomic mass is 9.95. The van der Waals surface area contributed by atoms with Gasteiger partial charge in [0.1, 0.15) is 5.82 Å². The van der Waals surface area contributed by atoms with Crippen LogP contribution in [0.3, 0.4) is 0 Å². The summed E-state index contributed by atoms with van der Waals surface area (Å²) in [6, 6.07) is 4.54. The summed E-state index contributed by atoms with van der Waals surface area (Å²) in [4.78, 5) is 15.0. The van der Waals surface area contributed by atoms with E-state index >= 15 is 0 Å². The van der Waals surface area contributed by atoms with Gasteiger partial charge in [-0.3, -0.25) is 0 Å². The molecule has 5 nitrogen and oxygen atoms in total. The first kappa shape index (κ1) is 19.6. The Balaban J connectivity index is 1.80. The highest BCUT2D eigenvalue weighted by atomic mass is 32.2. The van der Waals surface area contributed by atoms with E-state index in [1.165, 1.54) is 12.1 Å². The fourth-order valence-electron chi connectivity index (χ4n) is 2.54. The van der Waals surface area contributed by atoms with Crippen molar-refractivity contribution in [2.24, 2.45) is 5.92 Å². The second kappa shape index (κ2) is 7.69. The number of hydrogen-bond donors (Lipinski definition) is 0. The Bertz CT molecular complexity index is 695. The van der Waals surface area contributed by atoms with E-state index in [4.69, 9.17) is 0 Å². The average Bonchev–Trinajstić information content (AvgIpc) is 2.54. The summed E-state index contributed by atoms with van der Waals surface area (Å²) in [5.74, 6) is -2.92. The Morgan fingerprint density at radius 2 is 1.72 bits per heavy atom. The fourth-order valence-corrected chi connectivity index (χ4v) is 3.97. The molecule has 0 bridgehead atoms. The lowest BCUT2D eigenvalue weighted by Gasteiger charge is -2.30. The SMILES string of the molecule is O=C(ON1CCC(CCS(=O)(=O)c2ccc(F)cc2)CC1)C(F)(F)F. The number of hydrogen-bond acceptors (Lipinski definition) is 5. The average molecular weight is 383 g/mol. The molecule has 1 heterocycles. The van der Waals surface area contributed by atoms with Crippen LogP contribution in [-0.4, -0.2) is 44.5 Å². The number of sulfone groups is 1. The molecule has 1 aliphatic heterocycles. The van der Waals surface area contributed by atoms with Gasteiger partial charge in [0.15, 0.2) is 9.84 Å². The highest BCUT2D eigenvalue weighted by molar-refractivity contribution is 7.91. The minimum atomic E-state index is -5.04. The Hall–Kier alpha value is -1.68. The zero-order valence-electron chi connectivity index (χ0n) is 13.1. The standard InChI is InChI=1S/C15H17F4NO4S/c16-12-1-3-13(4-2-12)25(22,23)10-7-11-5-8-20(9-6-11)24-14(21)15(17,18)19/h1-4,11H,5-10H2. The summed E-state index contributed by atoms with van der Waals surface area (Å²) in [6.45, 7) is 0.228. The van der Waals surface area contributed by atoms with Gasteiger partial charge in [0, 0.05) is 13.1 Å². The van der Waals surface area contributed by atoms with Gasteiger partial charge in [0.2, 0.25) is 0 Å². The monoisotopic (exact) mass is 383 g/mol. The molecule has 0 saturated carbocycles. The third kappa shape index (κ3) is 5.67. The second-order valence-corrected chi connectivity index (χ2v) is 7.92. The van der Waals surface area contributed by atoms with E-state index in [9.17, 15) is 30.8 Å². The maximum Gasteiger partial charge on any atom is 0.492 e. The van der Waals surface area contributed by atoms with Crippen LogP contribution in [0.4, 0.5) is 17.6 Å². The lowest BCUT2D eigenvalue weighted by molar-refractivity contribution is -0.242. The van der Waals surface area contributed by atoms with E-state index in [1.807, 2.05) is 0 Å². The first-order valence-corrected chi connectivity index (χ1v) is 9.25. The van der Waals surface area contributed by atoms with Crippen LogP contribution in [0.15, 0.2) is 29.2 Å². The number of carbonyl (C=O) groups excluding carboxylic acids is 1. The molecule has 0 spiro atoms. The van der Waals surface area contributed by atoms with Crippen molar-refractivity contribution in [2.45, 2.75) is 30.3 Å². The minimum absolute atomic E-state index is 0.00365. The van der Waals surface area contributed by atoms with Crippen molar-refractivity contribution in [3.8, 4) is 0 Å². The molecule has 0 radical (unpaired) electrons. The highest BCUT2D eigenvalue weighted by Crippen LogP contribution is 2.25. The molecule has 1 aromatic carbocycles. The maximum atomic E-state index is 12.8. The predicted octanol–water partition coefficient (Wildman–Crippen LogP) is 2.72. The predicted molar refractivity (Wildman–Crippen MR) is 79.5 cm³/mol. The van der Waals surface area contributed by atoms with Gasteiger partial charge in [-0.15, -0.1) is 5.06 Å². The number of carbonyl (C=O) groups is 1. The first-order valence-electron chi connectivity index (χ1n) is 7.60. The van der Waals surface area contributed by atoms with Crippen LogP contribution in [0.5, 0.6) is 0 Å². The normalized spacial score (nSPS) is 17.4. The van der Waals surface area contributed by atoms with Crippen molar-refractivity contribution >= 4 is 15.8 Å². The van der Waals surface area contributed by atoms with Gasteiger partial charge >= 0.3 is 12.1 Å². The summed E-state index contributed by atoms with van der Waals surface area (Å²) < 4.78 is 73.6. The van der Waals surface area contributed by atoms with Crippen LogP contribution in [0.2, 0.25) is 0 Å². The molecule has 1 saturated heterocycles. The summed E-state index contributed by atoms with van der Waals surface area (Å²) in [5.41, 5.74) is 0. The van der Waals surface area contributed by atoms with E-state index < -0.39 is 27.8 Å². The Morgan fingerprint density at radius 3 is 2.24 bits per heavy atom. The molecule has 0 atom stereocenters. The molecule has 0 amide bonds. The van der Waals surface area contributed by atoms with Crippen LogP contribution in [0.1, 0.15) is 19.3 Å². The van der Waals surface area contributed by atoms with Gasteiger partial charge in [-0.25, -0.2) is 17.6 Å². The summed E-state index contributed by atoms with van der Waals surface area (Å²) in [6.07, 6.45) is -3.87. The van der Waals surface area contributed by atoms with E-state index in [-0.39, 0.29) is 29.7 Å². The topological polar surface area (TPSA) is 63.7 Å². The number of rotatable bonds is 5. The molecule has 140 valence electrons. The minimum Gasteiger partial charge on any atom is -0.361 e. The van der Waals surface area contributed by atoms with E-state index in [2.05, 4.69) is 4.84 Å². The fraction of sp³-hybridized carbons (Fsp3) is 0.533. The number of alkyl halides is 3. The van der Waals surface area contributed by atoms with Crippen LogP contribution in [-0.2, 0) is 19.5 Å². The van der Waals surface area contributed by atoms with Gasteiger partial charge in [0.25, 0.3) is 0 Å². The number of halogens is 4. The molecule has 0 aromatic heterocycles. The molecule has 0 aliphatic carbocycles. The molecule has 1 aromatic rings. The van der Waals surface area contributed by atoms with Crippen LogP contribution >= 0.6 is 0 Å². The molecule has 25 heavy (non-hydrogen) atoms. The van der Waals surface area contributed by atoms with Gasteiger partial charge in [-0.05, 0) is 49.4 Å². The number of benzene rings is 1. The van der Waals surface area contributed by atoms with Crippen molar-refractivity contribution in [2.75, 3.05) is 18.8 Å². The molecule has 0 unspecified atom stereocenters. The number of hydroxylamine groups is 2. The first-order chi connectivity index (χ1) is 11.6. The van der Waals surface area contributed by atoms with Gasteiger partial charge in [-0.2, -0.15) is 13.2 Å². The Labute approximate surface area is 142 Å². The van der Waals surface area contributed by atoms with Crippen LogP contribution in [0.25, 0.3) is 0 Å². The quantitative estimate of drug-likeness (QED) is 0.578. The summed E-state index contributed by atoms with van der Waals surface area (Å²) in [7, 11) is -3.54. The zero-order valence-corrected chi connectivity index (χ0v) is 13.9. The molecule has 0 N–H and O–H groups in total. The zero-order chi connectivity index (χ0) is 18.7. The summed E-state index contributed by atoms with van der Waals surface area (Å²) in [5, 5.41) is 0.945. The van der Waals surface area contributed by atoms with Crippen molar-refractivity contribution in [3.63, 3.8) is 0 Å². The van der Waals surface area contributed by atoms with Gasteiger partial charge < -0.3 is 4.84 Å². The van der Waals surface area contributed by atoms with Crippen LogP contribution < -0.4 is 0 Å². The number of piperidine rings is 1. The van der Waals surface area contributed by atoms with Gasteiger partial charge in [0.05, 0.1) is 10.6 Å². The largest absolute Gasteiger partial charge is 0.492 e. The van der Waals surface area contributed by atoms with E-state index in [0.29, 0.717) is 19.3 Å². The Morgan fingerprint density at radius 1 is 1.16 bits per heavy atom. The second-order valence-electron chi connectivity index (χ2n) is 5.81. The molecule has 1 aliphatic rings. The molecular weight excluding hydrogens is 366 g/mol. The molecular formula is C15H17F4NO4S. The smallest absolute Gasteiger partial charge is 0.361 e. The lowest BCUT2D eigenvalue weighted by Crippen LogP contribution is -2.39. The van der Waals surface area contributed by atoms with Crippen LogP contribution in [0, 0.1) is 11.7 Å². The van der Waals surface area contributed by atoms with E-state index in [1.54, 1.807) is 0 Å². The van der Waals surface area contributed by atoms with Gasteiger partial charge in [-0.1, -0.05) is 0 Å². The summed E-state index contributed by atoms with van der Waals surface area (Å²) >= 11 is 0. The third-order valence-electron chi connectivity index (χ3n) is 3.98. The van der Waals surface area contributed by atoms with Crippen molar-refractivity contribution in [1.82, 2.24) is 5.06 Å². The molecule has 2 rings (SSSR count). The highest BCUT2D eigenvalue weighted by Gasteiger charge is 2.43. The Kier molecular flexibility index (Phi) is 6.04. The maximum absolute atomic E-state index is 12.8. The van der Waals surface area contributed by atoms with Crippen molar-refractivity contribution < 1.29 is 35.6 Å². The van der Waals surface area contributed by atoms with E-state index in [0.717, 1.165) is 17.2 Å². The van der Waals surface area contributed by atoms with Crippen molar-refractivity contribution in [1.29, 1.82) is 0 Å². The molecule has 10 heteroatoms. The molecule has 1 fully saturated rings. The van der Waals surface area contributed by atoms with Crippen molar-refractivity contribution in [3.05, 3.63) is 30.1 Å².